The summed E-state index contributed by atoms with van der Waals surface area (Å²) in [6.07, 6.45) is 1.78. The van der Waals surface area contributed by atoms with Crippen molar-refractivity contribution in [2.45, 2.75) is 31.2 Å². The van der Waals surface area contributed by atoms with E-state index in [1.165, 1.54) is 0 Å². The standard InChI is InChI=1S/C17H19N3O4/c21-12-3-1-2-10(8-12)13-9-14(22)18-16-15(13)17(23)19-20(16)11-4-6-24-7-5-11/h1-3,8,11,13,21H,4-7,9H2,(H,18,22)(H,19,23). The molecule has 4 rings (SSSR count). The number of phenols is 1. The van der Waals surface area contributed by atoms with Gasteiger partial charge in [-0.2, -0.15) is 0 Å². The Labute approximate surface area is 138 Å². The molecule has 24 heavy (non-hydrogen) atoms. The van der Waals surface area contributed by atoms with Gasteiger partial charge in [0.2, 0.25) is 5.91 Å². The molecule has 0 bridgehead atoms. The number of benzene rings is 1. The third kappa shape index (κ3) is 2.50. The van der Waals surface area contributed by atoms with E-state index in [0.29, 0.717) is 24.6 Å². The van der Waals surface area contributed by atoms with Crippen LogP contribution in [-0.2, 0) is 9.53 Å². The number of hydrogen-bond acceptors (Lipinski definition) is 4. The normalized spacial score (nSPS) is 21.3. The van der Waals surface area contributed by atoms with E-state index in [0.717, 1.165) is 18.4 Å². The topological polar surface area (TPSA) is 96.3 Å². The molecule has 0 saturated carbocycles. The number of aromatic nitrogens is 2. The minimum atomic E-state index is -0.356. The Hall–Kier alpha value is -2.54. The van der Waals surface area contributed by atoms with E-state index < -0.39 is 0 Å². The SMILES string of the molecule is O=C1CC(c2cccc(O)c2)c2c(n(C3CCOCC3)[nH]c2=O)N1. The van der Waals surface area contributed by atoms with Gasteiger partial charge in [-0.15, -0.1) is 0 Å². The van der Waals surface area contributed by atoms with Gasteiger partial charge in [0.25, 0.3) is 5.56 Å². The predicted octanol–water partition coefficient (Wildman–Crippen LogP) is 1.71. The molecule has 7 nitrogen and oxygen atoms in total. The molecule has 1 atom stereocenters. The highest BCUT2D eigenvalue weighted by molar-refractivity contribution is 5.94. The fraction of sp³-hybridized carbons (Fsp3) is 0.412. The summed E-state index contributed by atoms with van der Waals surface area (Å²) in [5, 5.41) is 15.5. The fourth-order valence-corrected chi connectivity index (χ4v) is 3.63. The van der Waals surface area contributed by atoms with Gasteiger partial charge >= 0.3 is 0 Å². The molecule has 1 amide bonds. The molecular weight excluding hydrogens is 310 g/mol. The first-order valence-corrected chi connectivity index (χ1v) is 8.14. The number of carbonyl (C=O) groups is 1. The number of anilines is 1. The van der Waals surface area contributed by atoms with Crippen LogP contribution in [0, 0.1) is 0 Å². The van der Waals surface area contributed by atoms with E-state index in [4.69, 9.17) is 4.74 Å². The Bertz CT molecular complexity index is 833. The quantitative estimate of drug-likeness (QED) is 0.781. The Morgan fingerprint density at radius 3 is 2.75 bits per heavy atom. The molecule has 0 radical (unpaired) electrons. The lowest BCUT2D eigenvalue weighted by atomic mass is 9.87. The molecule has 0 spiro atoms. The summed E-state index contributed by atoms with van der Waals surface area (Å²) in [7, 11) is 0. The monoisotopic (exact) mass is 329 g/mol. The number of hydrogen-bond donors (Lipinski definition) is 3. The molecule has 2 aliphatic rings. The number of nitrogens with one attached hydrogen (secondary N) is 2. The number of aromatic amines is 1. The first kappa shape index (κ1) is 15.0. The Kier molecular flexibility index (Phi) is 3.65. The molecule has 1 aromatic carbocycles. The molecule has 3 heterocycles. The van der Waals surface area contributed by atoms with Crippen LogP contribution in [-0.4, -0.2) is 34.0 Å². The molecule has 3 N–H and O–H groups in total. The van der Waals surface area contributed by atoms with Crippen LogP contribution in [0.4, 0.5) is 5.82 Å². The summed E-state index contributed by atoms with van der Waals surface area (Å²) < 4.78 is 7.16. The highest BCUT2D eigenvalue weighted by Crippen LogP contribution is 2.37. The molecule has 1 aromatic heterocycles. The predicted molar refractivity (Wildman–Crippen MR) is 87.3 cm³/mol. The molecule has 1 unspecified atom stereocenters. The molecule has 2 aromatic rings. The highest BCUT2D eigenvalue weighted by atomic mass is 16.5. The van der Waals surface area contributed by atoms with Crippen LogP contribution in [0.1, 0.15) is 42.3 Å². The van der Waals surface area contributed by atoms with Crippen LogP contribution < -0.4 is 10.9 Å². The molecule has 126 valence electrons. The van der Waals surface area contributed by atoms with E-state index in [2.05, 4.69) is 10.4 Å². The van der Waals surface area contributed by atoms with Crippen LogP contribution in [0.5, 0.6) is 5.75 Å². The minimum absolute atomic E-state index is 0.110. The zero-order chi connectivity index (χ0) is 16.7. The first-order valence-electron chi connectivity index (χ1n) is 8.14. The molecule has 1 saturated heterocycles. The maximum atomic E-state index is 12.6. The van der Waals surface area contributed by atoms with Gasteiger partial charge in [0.1, 0.15) is 11.6 Å². The summed E-state index contributed by atoms with van der Waals surface area (Å²) in [6, 6.07) is 6.85. The third-order valence-corrected chi connectivity index (χ3v) is 4.79. The van der Waals surface area contributed by atoms with Crippen molar-refractivity contribution in [3.63, 3.8) is 0 Å². The van der Waals surface area contributed by atoms with Gasteiger partial charge in [-0.25, -0.2) is 0 Å². The number of phenolic OH excluding ortho intramolecular Hbond substituents is 1. The molecule has 1 fully saturated rings. The average molecular weight is 329 g/mol. The summed E-state index contributed by atoms with van der Waals surface area (Å²) in [5.41, 5.74) is 1.14. The van der Waals surface area contributed by atoms with E-state index in [1.807, 2.05) is 6.07 Å². The molecular formula is C17H19N3O4. The summed E-state index contributed by atoms with van der Waals surface area (Å²) >= 11 is 0. The number of amides is 1. The van der Waals surface area contributed by atoms with Crippen LogP contribution in [0.15, 0.2) is 29.1 Å². The summed E-state index contributed by atoms with van der Waals surface area (Å²) in [4.78, 5) is 24.8. The van der Waals surface area contributed by atoms with Gasteiger partial charge in [-0.3, -0.25) is 19.4 Å². The second kappa shape index (κ2) is 5.83. The largest absolute Gasteiger partial charge is 0.508 e. The van der Waals surface area contributed by atoms with Crippen molar-refractivity contribution in [3.8, 4) is 5.75 Å². The second-order valence-corrected chi connectivity index (χ2v) is 6.32. The number of nitrogens with zero attached hydrogens (tertiary/aromatic N) is 1. The van der Waals surface area contributed by atoms with Gasteiger partial charge in [0.05, 0.1) is 11.6 Å². The van der Waals surface area contributed by atoms with Crippen LogP contribution in [0.25, 0.3) is 0 Å². The minimum Gasteiger partial charge on any atom is -0.508 e. The molecule has 2 aliphatic heterocycles. The van der Waals surface area contributed by atoms with Crippen LogP contribution in [0.2, 0.25) is 0 Å². The number of fused-ring (bicyclic) bond motifs is 1. The maximum Gasteiger partial charge on any atom is 0.270 e. The van der Waals surface area contributed by atoms with Gasteiger partial charge in [-0.1, -0.05) is 12.1 Å². The van der Waals surface area contributed by atoms with Gasteiger partial charge in [-0.05, 0) is 30.5 Å². The van der Waals surface area contributed by atoms with Crippen molar-refractivity contribution in [1.29, 1.82) is 0 Å². The van der Waals surface area contributed by atoms with Crippen LogP contribution >= 0.6 is 0 Å². The van der Waals surface area contributed by atoms with E-state index in [1.54, 1.807) is 22.9 Å². The van der Waals surface area contributed by atoms with Crippen molar-refractivity contribution < 1.29 is 14.6 Å². The van der Waals surface area contributed by atoms with Crippen molar-refractivity contribution in [1.82, 2.24) is 9.78 Å². The summed E-state index contributed by atoms with van der Waals surface area (Å²) in [5.74, 6) is 0.193. The lowest BCUT2D eigenvalue weighted by molar-refractivity contribution is -0.116. The summed E-state index contributed by atoms with van der Waals surface area (Å²) in [6.45, 7) is 1.28. The number of H-pyrrole nitrogens is 1. The zero-order valence-corrected chi connectivity index (χ0v) is 13.1. The highest BCUT2D eigenvalue weighted by Gasteiger charge is 2.34. The Balaban J connectivity index is 1.81. The maximum absolute atomic E-state index is 12.6. The van der Waals surface area contributed by atoms with Gasteiger partial charge in [0, 0.05) is 25.6 Å². The lowest BCUT2D eigenvalue weighted by Crippen LogP contribution is -2.28. The second-order valence-electron chi connectivity index (χ2n) is 6.32. The van der Waals surface area contributed by atoms with E-state index >= 15 is 0 Å². The number of rotatable bonds is 2. The Morgan fingerprint density at radius 2 is 2.00 bits per heavy atom. The van der Waals surface area contributed by atoms with Crippen molar-refractivity contribution in [2.75, 3.05) is 18.5 Å². The average Bonchev–Trinajstić information content (AvgIpc) is 2.91. The van der Waals surface area contributed by atoms with E-state index in [9.17, 15) is 14.7 Å². The number of carbonyl (C=O) groups excluding carboxylic acids is 1. The molecule has 0 aliphatic carbocycles. The van der Waals surface area contributed by atoms with Gasteiger partial charge < -0.3 is 15.2 Å². The number of aromatic hydroxyl groups is 1. The van der Waals surface area contributed by atoms with Crippen molar-refractivity contribution in [2.24, 2.45) is 0 Å². The van der Waals surface area contributed by atoms with Crippen molar-refractivity contribution >= 4 is 11.7 Å². The third-order valence-electron chi connectivity index (χ3n) is 4.79. The lowest BCUT2D eigenvalue weighted by Gasteiger charge is -2.28. The number of ether oxygens (including phenoxy) is 1. The smallest absolute Gasteiger partial charge is 0.270 e. The molecule has 7 heteroatoms. The Morgan fingerprint density at radius 1 is 1.21 bits per heavy atom. The van der Waals surface area contributed by atoms with Crippen LogP contribution in [0.3, 0.4) is 0 Å². The zero-order valence-electron chi connectivity index (χ0n) is 13.1. The first-order chi connectivity index (χ1) is 11.6. The van der Waals surface area contributed by atoms with Gasteiger partial charge in [0.15, 0.2) is 0 Å². The van der Waals surface area contributed by atoms with E-state index in [-0.39, 0.29) is 35.6 Å². The fourth-order valence-electron chi connectivity index (χ4n) is 3.63. The van der Waals surface area contributed by atoms with Crippen molar-refractivity contribution in [3.05, 3.63) is 45.7 Å².